The van der Waals surface area contributed by atoms with Crippen molar-refractivity contribution in [2.24, 2.45) is 0 Å². The van der Waals surface area contributed by atoms with Crippen LogP contribution < -0.4 is 10.5 Å². The van der Waals surface area contributed by atoms with E-state index in [2.05, 4.69) is 15.1 Å². The van der Waals surface area contributed by atoms with Crippen LogP contribution in [0.2, 0.25) is 0 Å². The van der Waals surface area contributed by atoms with Gasteiger partial charge < -0.3 is 10.5 Å². The van der Waals surface area contributed by atoms with Gasteiger partial charge in [0.2, 0.25) is 5.88 Å². The summed E-state index contributed by atoms with van der Waals surface area (Å²) in [6.45, 7) is 0. The molecule has 0 saturated carbocycles. The fourth-order valence-electron chi connectivity index (χ4n) is 2.54. The molecule has 0 fully saturated rings. The topological polar surface area (TPSA) is 103 Å². The van der Waals surface area contributed by atoms with Crippen LogP contribution in [0.15, 0.2) is 66.9 Å². The van der Waals surface area contributed by atoms with E-state index in [4.69, 9.17) is 15.7 Å². The lowest BCUT2D eigenvalue weighted by Crippen LogP contribution is -2.07. The number of anilines is 1. The smallest absolute Gasteiger partial charge is 0.225 e. The second-order valence-corrected chi connectivity index (χ2v) is 5.78. The lowest BCUT2D eigenvalue weighted by atomic mass is 10.2. The number of nitrogen functional groups attached to an aromatic ring is 1. The number of ether oxygens (including phenoxy) is 1. The zero-order chi connectivity index (χ0) is 19.5. The molecule has 28 heavy (non-hydrogen) atoms. The molecule has 0 aliphatic carbocycles. The van der Waals surface area contributed by atoms with Crippen molar-refractivity contribution in [1.29, 1.82) is 5.26 Å². The summed E-state index contributed by atoms with van der Waals surface area (Å²) in [7, 11) is 0. The van der Waals surface area contributed by atoms with Crippen LogP contribution in [-0.4, -0.2) is 19.7 Å². The lowest BCUT2D eigenvalue weighted by molar-refractivity contribution is 0.460. The molecule has 0 aliphatic rings. The minimum atomic E-state index is -0.367. The number of nitrogens with zero attached hydrogens (tertiary/aromatic N) is 5. The number of nitriles is 1. The highest BCUT2D eigenvalue weighted by atomic mass is 19.1. The summed E-state index contributed by atoms with van der Waals surface area (Å²) in [5.41, 5.74) is 6.99. The van der Waals surface area contributed by atoms with E-state index in [0.717, 1.165) is 5.56 Å². The predicted octanol–water partition coefficient (Wildman–Crippen LogP) is 3.71. The van der Waals surface area contributed by atoms with E-state index in [0.29, 0.717) is 17.4 Å². The van der Waals surface area contributed by atoms with Crippen molar-refractivity contribution < 1.29 is 9.13 Å². The Labute approximate surface area is 159 Å². The molecule has 0 radical (unpaired) electrons. The second-order valence-electron chi connectivity index (χ2n) is 5.78. The van der Waals surface area contributed by atoms with E-state index >= 15 is 0 Å². The Morgan fingerprint density at radius 2 is 1.79 bits per heavy atom. The van der Waals surface area contributed by atoms with Crippen molar-refractivity contribution in [2.45, 2.75) is 0 Å². The first-order valence-corrected chi connectivity index (χ1v) is 8.26. The molecule has 0 atom stereocenters. The summed E-state index contributed by atoms with van der Waals surface area (Å²) in [6, 6.07) is 18.4. The third-order valence-electron chi connectivity index (χ3n) is 3.90. The maximum absolute atomic E-state index is 13.1. The van der Waals surface area contributed by atoms with Gasteiger partial charge in [0.15, 0.2) is 11.6 Å². The van der Waals surface area contributed by atoms with Crippen LogP contribution in [0.5, 0.6) is 11.6 Å². The van der Waals surface area contributed by atoms with Gasteiger partial charge in [-0.3, -0.25) is 0 Å². The van der Waals surface area contributed by atoms with Gasteiger partial charge in [0, 0.05) is 11.6 Å². The van der Waals surface area contributed by atoms with Crippen LogP contribution in [0.1, 0.15) is 5.56 Å². The first-order valence-electron chi connectivity index (χ1n) is 8.26. The summed E-state index contributed by atoms with van der Waals surface area (Å²) in [5, 5.41) is 13.2. The van der Waals surface area contributed by atoms with Crippen LogP contribution in [0.4, 0.5) is 10.2 Å². The molecule has 0 unspecified atom stereocenters. The number of nitrogens with two attached hydrogens (primary N) is 1. The maximum Gasteiger partial charge on any atom is 0.225 e. The van der Waals surface area contributed by atoms with Crippen LogP contribution in [0.3, 0.4) is 0 Å². The Balaban J connectivity index is 1.82. The average Bonchev–Trinajstić information content (AvgIpc) is 3.10. The number of halogens is 1. The molecule has 4 rings (SSSR count). The van der Waals surface area contributed by atoms with E-state index in [-0.39, 0.29) is 23.1 Å². The Morgan fingerprint density at radius 3 is 2.46 bits per heavy atom. The molecule has 136 valence electrons. The second kappa shape index (κ2) is 7.17. The number of aromatic nitrogens is 4. The van der Waals surface area contributed by atoms with E-state index in [9.17, 15) is 4.39 Å². The van der Waals surface area contributed by atoms with Gasteiger partial charge in [0.1, 0.15) is 29.0 Å². The zero-order valence-corrected chi connectivity index (χ0v) is 14.5. The van der Waals surface area contributed by atoms with Crippen LogP contribution >= 0.6 is 0 Å². The molecule has 2 N–H and O–H groups in total. The minimum absolute atomic E-state index is 0.160. The SMILES string of the molecule is N#Cc1cnn(-c2cc(Oc3ccc(F)cc3)nc(-c3ccccc3)n2)c1N. The number of rotatable bonds is 4. The van der Waals surface area contributed by atoms with E-state index in [1.165, 1.54) is 35.1 Å². The van der Waals surface area contributed by atoms with Crippen molar-refractivity contribution in [3.05, 3.63) is 78.2 Å². The molecule has 0 bridgehead atoms. The van der Waals surface area contributed by atoms with Crippen molar-refractivity contribution in [3.8, 4) is 34.9 Å². The summed E-state index contributed by atoms with van der Waals surface area (Å²) >= 11 is 0. The molecule has 0 amide bonds. The van der Waals surface area contributed by atoms with E-state index < -0.39 is 0 Å². The number of hydrogen-bond donors (Lipinski definition) is 1. The Hall–Kier alpha value is -4.25. The number of benzene rings is 2. The van der Waals surface area contributed by atoms with Gasteiger partial charge >= 0.3 is 0 Å². The molecular formula is C20H13FN6O. The summed E-state index contributed by atoms with van der Waals surface area (Å²) < 4.78 is 20.2. The quantitative estimate of drug-likeness (QED) is 0.586. The Morgan fingerprint density at radius 1 is 1.04 bits per heavy atom. The maximum atomic E-state index is 13.1. The third kappa shape index (κ3) is 3.37. The highest BCUT2D eigenvalue weighted by molar-refractivity contribution is 5.58. The molecular weight excluding hydrogens is 359 g/mol. The van der Waals surface area contributed by atoms with Crippen LogP contribution in [0, 0.1) is 17.1 Å². The van der Waals surface area contributed by atoms with Gasteiger partial charge in [0.05, 0.1) is 6.20 Å². The summed E-state index contributed by atoms with van der Waals surface area (Å²) in [6.07, 6.45) is 1.36. The first-order chi connectivity index (χ1) is 13.6. The van der Waals surface area contributed by atoms with E-state index in [1.807, 2.05) is 36.4 Å². The van der Waals surface area contributed by atoms with Gasteiger partial charge in [-0.15, -0.1) is 0 Å². The first kappa shape index (κ1) is 17.2. The molecule has 2 heterocycles. The largest absolute Gasteiger partial charge is 0.439 e. The highest BCUT2D eigenvalue weighted by Crippen LogP contribution is 2.26. The fraction of sp³-hybridized carbons (Fsp3) is 0. The molecule has 7 nitrogen and oxygen atoms in total. The molecule has 4 aromatic rings. The standard InChI is InChI=1S/C20H13FN6O/c21-15-6-8-16(9-7-15)28-18-10-17(27-19(23)14(11-22)12-24-27)25-20(26-18)13-4-2-1-3-5-13/h1-10,12H,23H2. The minimum Gasteiger partial charge on any atom is -0.439 e. The molecule has 0 spiro atoms. The monoisotopic (exact) mass is 372 g/mol. The molecule has 0 aliphatic heterocycles. The third-order valence-corrected chi connectivity index (χ3v) is 3.90. The van der Waals surface area contributed by atoms with Crippen molar-refractivity contribution in [2.75, 3.05) is 5.73 Å². The summed E-state index contributed by atoms with van der Waals surface area (Å²) in [4.78, 5) is 8.93. The van der Waals surface area contributed by atoms with Crippen molar-refractivity contribution in [3.63, 3.8) is 0 Å². The number of hydrogen-bond acceptors (Lipinski definition) is 6. The lowest BCUT2D eigenvalue weighted by Gasteiger charge is -2.10. The van der Waals surface area contributed by atoms with Gasteiger partial charge in [0.25, 0.3) is 0 Å². The van der Waals surface area contributed by atoms with Crippen molar-refractivity contribution >= 4 is 5.82 Å². The van der Waals surface area contributed by atoms with Gasteiger partial charge in [-0.05, 0) is 24.3 Å². The molecule has 2 aromatic carbocycles. The van der Waals surface area contributed by atoms with Gasteiger partial charge in [-0.2, -0.15) is 20.0 Å². The highest BCUT2D eigenvalue weighted by Gasteiger charge is 2.14. The summed E-state index contributed by atoms with van der Waals surface area (Å²) in [5.74, 6) is 1.16. The average molecular weight is 372 g/mol. The predicted molar refractivity (Wildman–Crippen MR) is 100 cm³/mol. The molecule has 0 saturated heterocycles. The van der Waals surface area contributed by atoms with Crippen molar-refractivity contribution in [1.82, 2.24) is 19.7 Å². The molecule has 8 heteroatoms. The Bertz CT molecular complexity index is 1170. The fourth-order valence-corrected chi connectivity index (χ4v) is 2.54. The van der Waals surface area contributed by atoms with E-state index in [1.54, 1.807) is 6.07 Å². The Kier molecular flexibility index (Phi) is 4.40. The van der Waals surface area contributed by atoms with Crippen LogP contribution in [-0.2, 0) is 0 Å². The normalized spacial score (nSPS) is 10.4. The van der Waals surface area contributed by atoms with Gasteiger partial charge in [-0.1, -0.05) is 30.3 Å². The van der Waals surface area contributed by atoms with Gasteiger partial charge in [-0.25, -0.2) is 9.37 Å². The zero-order valence-electron chi connectivity index (χ0n) is 14.5. The molecule has 2 aromatic heterocycles. The van der Waals surface area contributed by atoms with Crippen LogP contribution in [0.25, 0.3) is 17.2 Å².